The van der Waals surface area contributed by atoms with Gasteiger partial charge in [-0.1, -0.05) is 29.8 Å². The molecule has 0 saturated carbocycles. The number of fused-ring (bicyclic) bond motifs is 1. The van der Waals surface area contributed by atoms with Crippen molar-refractivity contribution in [1.29, 1.82) is 0 Å². The van der Waals surface area contributed by atoms with Crippen LogP contribution in [0.4, 0.5) is 10.1 Å². The number of benzene rings is 2. The topological polar surface area (TPSA) is 26.0 Å². The number of nitrogen functional groups attached to an aromatic ring is 1. The molecular formula is C15H11ClFNS2. The summed E-state index contributed by atoms with van der Waals surface area (Å²) >= 11 is 9.60. The van der Waals surface area contributed by atoms with Gasteiger partial charge in [-0.05, 0) is 24.3 Å². The molecule has 3 aromatic rings. The molecule has 2 aromatic carbocycles. The molecule has 20 heavy (non-hydrogen) atoms. The van der Waals surface area contributed by atoms with Crippen LogP contribution in [0.3, 0.4) is 0 Å². The molecule has 0 amide bonds. The Morgan fingerprint density at radius 1 is 1.20 bits per heavy atom. The van der Waals surface area contributed by atoms with Crippen molar-refractivity contribution >= 4 is 50.5 Å². The molecule has 0 radical (unpaired) electrons. The summed E-state index contributed by atoms with van der Waals surface area (Å²) in [5, 5.41) is 1.87. The van der Waals surface area contributed by atoms with Gasteiger partial charge in [-0.25, -0.2) is 4.39 Å². The zero-order valence-corrected chi connectivity index (χ0v) is 12.8. The molecule has 0 aliphatic heterocycles. The standard InChI is InChI=1S/C15H11ClFNS2/c16-15-12-3-1-2-4-13(12)20-14(15)8-19-11-6-9(17)5-10(18)7-11/h1-7H,8,18H2. The van der Waals surface area contributed by atoms with Crippen molar-refractivity contribution in [2.75, 3.05) is 5.73 Å². The van der Waals surface area contributed by atoms with Crippen LogP contribution in [0.15, 0.2) is 47.4 Å². The predicted molar refractivity (Wildman–Crippen MR) is 87.2 cm³/mol. The first-order valence-electron chi connectivity index (χ1n) is 5.98. The zero-order chi connectivity index (χ0) is 14.1. The van der Waals surface area contributed by atoms with E-state index in [1.165, 1.54) is 28.6 Å². The van der Waals surface area contributed by atoms with E-state index in [2.05, 4.69) is 6.07 Å². The molecule has 3 rings (SSSR count). The number of thioether (sulfide) groups is 1. The second-order valence-corrected chi connectivity index (χ2v) is 6.91. The maximum Gasteiger partial charge on any atom is 0.126 e. The lowest BCUT2D eigenvalue weighted by molar-refractivity contribution is 0.625. The molecule has 5 heteroatoms. The predicted octanol–water partition coefficient (Wildman–Crippen LogP) is 5.57. The Morgan fingerprint density at radius 3 is 2.75 bits per heavy atom. The fourth-order valence-electron chi connectivity index (χ4n) is 1.97. The molecule has 1 nitrogen and oxygen atoms in total. The average Bonchev–Trinajstić information content (AvgIpc) is 2.73. The van der Waals surface area contributed by atoms with E-state index in [9.17, 15) is 4.39 Å². The normalized spacial score (nSPS) is 11.1. The molecule has 0 spiro atoms. The highest BCUT2D eigenvalue weighted by Crippen LogP contribution is 2.38. The first kappa shape index (κ1) is 13.7. The molecule has 0 bridgehead atoms. The average molecular weight is 324 g/mol. The van der Waals surface area contributed by atoms with E-state index in [0.717, 1.165) is 20.2 Å². The summed E-state index contributed by atoms with van der Waals surface area (Å²) in [4.78, 5) is 1.91. The molecule has 1 aromatic heterocycles. The van der Waals surface area contributed by atoms with Crippen molar-refractivity contribution in [1.82, 2.24) is 0 Å². The third-order valence-corrected chi connectivity index (χ3v) is 5.76. The number of nitrogens with two attached hydrogens (primary N) is 1. The Bertz CT molecular complexity index is 749. The second kappa shape index (κ2) is 5.64. The Labute approximate surface area is 129 Å². The van der Waals surface area contributed by atoms with Crippen molar-refractivity contribution in [3.8, 4) is 0 Å². The van der Waals surface area contributed by atoms with Gasteiger partial charge in [0.05, 0.1) is 5.02 Å². The molecule has 0 unspecified atom stereocenters. The van der Waals surface area contributed by atoms with Crippen molar-refractivity contribution in [2.45, 2.75) is 10.6 Å². The summed E-state index contributed by atoms with van der Waals surface area (Å²) in [6.45, 7) is 0. The van der Waals surface area contributed by atoms with E-state index >= 15 is 0 Å². The maximum atomic E-state index is 13.3. The third-order valence-electron chi connectivity index (χ3n) is 2.87. The quantitative estimate of drug-likeness (QED) is 0.504. The van der Waals surface area contributed by atoms with Crippen LogP contribution in [0.5, 0.6) is 0 Å². The van der Waals surface area contributed by atoms with Crippen LogP contribution in [0.25, 0.3) is 10.1 Å². The lowest BCUT2D eigenvalue weighted by Crippen LogP contribution is -1.87. The summed E-state index contributed by atoms with van der Waals surface area (Å²) in [7, 11) is 0. The number of hydrogen-bond acceptors (Lipinski definition) is 3. The van der Waals surface area contributed by atoms with Gasteiger partial charge in [0, 0.05) is 31.3 Å². The van der Waals surface area contributed by atoms with E-state index in [1.54, 1.807) is 17.4 Å². The lowest BCUT2D eigenvalue weighted by atomic mass is 10.2. The van der Waals surface area contributed by atoms with Crippen molar-refractivity contribution < 1.29 is 4.39 Å². The summed E-state index contributed by atoms with van der Waals surface area (Å²) < 4.78 is 14.5. The molecule has 0 atom stereocenters. The van der Waals surface area contributed by atoms with E-state index < -0.39 is 0 Å². The Balaban J connectivity index is 1.84. The van der Waals surface area contributed by atoms with Crippen LogP contribution < -0.4 is 5.73 Å². The number of rotatable bonds is 3. The Hall–Kier alpha value is -1.23. The summed E-state index contributed by atoms with van der Waals surface area (Å²) in [5.74, 6) is 0.399. The number of halogens is 2. The monoisotopic (exact) mass is 323 g/mol. The van der Waals surface area contributed by atoms with Crippen LogP contribution >= 0.6 is 34.7 Å². The highest BCUT2D eigenvalue weighted by molar-refractivity contribution is 7.98. The molecule has 2 N–H and O–H groups in total. The van der Waals surface area contributed by atoms with Gasteiger partial charge < -0.3 is 5.73 Å². The van der Waals surface area contributed by atoms with Crippen molar-refractivity contribution in [3.05, 3.63) is 58.2 Å². The largest absolute Gasteiger partial charge is 0.399 e. The molecule has 1 heterocycles. The molecular weight excluding hydrogens is 313 g/mol. The number of anilines is 1. The fraction of sp³-hybridized carbons (Fsp3) is 0.0667. The second-order valence-electron chi connectivity index (χ2n) is 4.34. The molecule has 0 saturated heterocycles. The van der Waals surface area contributed by atoms with Crippen molar-refractivity contribution in [3.63, 3.8) is 0 Å². The van der Waals surface area contributed by atoms with E-state index in [-0.39, 0.29) is 5.82 Å². The van der Waals surface area contributed by atoms with E-state index in [0.29, 0.717) is 11.4 Å². The first-order valence-corrected chi connectivity index (χ1v) is 8.16. The highest BCUT2D eigenvalue weighted by atomic mass is 35.5. The zero-order valence-electron chi connectivity index (χ0n) is 10.4. The fourth-order valence-corrected chi connectivity index (χ4v) is 4.62. The summed E-state index contributed by atoms with van der Waals surface area (Å²) in [5.41, 5.74) is 6.08. The van der Waals surface area contributed by atoms with Crippen LogP contribution in [-0.2, 0) is 5.75 Å². The van der Waals surface area contributed by atoms with Crippen LogP contribution in [0, 0.1) is 5.82 Å². The number of thiophene rings is 1. The highest BCUT2D eigenvalue weighted by Gasteiger charge is 2.10. The van der Waals surface area contributed by atoms with Gasteiger partial charge in [0.25, 0.3) is 0 Å². The van der Waals surface area contributed by atoms with E-state index in [1.807, 2.05) is 18.2 Å². The smallest absolute Gasteiger partial charge is 0.126 e. The van der Waals surface area contributed by atoms with Gasteiger partial charge in [0.1, 0.15) is 5.82 Å². The van der Waals surface area contributed by atoms with Crippen LogP contribution in [0.2, 0.25) is 5.02 Å². The molecule has 0 aliphatic carbocycles. The maximum absolute atomic E-state index is 13.3. The van der Waals surface area contributed by atoms with Crippen molar-refractivity contribution in [2.24, 2.45) is 0 Å². The Morgan fingerprint density at radius 2 is 2.00 bits per heavy atom. The van der Waals surface area contributed by atoms with Gasteiger partial charge in [-0.3, -0.25) is 0 Å². The van der Waals surface area contributed by atoms with Crippen LogP contribution in [-0.4, -0.2) is 0 Å². The van der Waals surface area contributed by atoms with Gasteiger partial charge in [-0.15, -0.1) is 23.1 Å². The van der Waals surface area contributed by atoms with Gasteiger partial charge in [-0.2, -0.15) is 0 Å². The molecule has 0 aliphatic rings. The van der Waals surface area contributed by atoms with Gasteiger partial charge in [0.15, 0.2) is 0 Å². The van der Waals surface area contributed by atoms with Gasteiger partial charge >= 0.3 is 0 Å². The summed E-state index contributed by atoms with van der Waals surface area (Å²) in [6, 6.07) is 12.6. The lowest BCUT2D eigenvalue weighted by Gasteiger charge is -2.02. The summed E-state index contributed by atoms with van der Waals surface area (Å²) in [6.07, 6.45) is 0. The third kappa shape index (κ3) is 2.77. The molecule has 102 valence electrons. The minimum atomic E-state index is -0.310. The van der Waals surface area contributed by atoms with Gasteiger partial charge in [0.2, 0.25) is 0 Å². The minimum Gasteiger partial charge on any atom is -0.399 e. The SMILES string of the molecule is Nc1cc(F)cc(SCc2sc3ccccc3c2Cl)c1. The molecule has 0 fully saturated rings. The minimum absolute atomic E-state index is 0.310. The Kier molecular flexibility index (Phi) is 3.87. The number of hydrogen-bond donors (Lipinski definition) is 1. The van der Waals surface area contributed by atoms with E-state index in [4.69, 9.17) is 17.3 Å². The van der Waals surface area contributed by atoms with Crippen LogP contribution in [0.1, 0.15) is 4.88 Å². The first-order chi connectivity index (χ1) is 9.63.